The summed E-state index contributed by atoms with van der Waals surface area (Å²) >= 11 is 5.91. The van der Waals surface area contributed by atoms with Gasteiger partial charge in [-0.15, -0.1) is 0 Å². The van der Waals surface area contributed by atoms with Crippen molar-refractivity contribution in [2.75, 3.05) is 13.7 Å². The normalized spacial score (nSPS) is 12.9. The molecule has 0 radical (unpaired) electrons. The van der Waals surface area contributed by atoms with Crippen LogP contribution in [0.5, 0.6) is 0 Å². The van der Waals surface area contributed by atoms with E-state index in [9.17, 15) is 0 Å². The average Bonchev–Trinajstić information content (AvgIpc) is 2.10. The highest BCUT2D eigenvalue weighted by atomic mass is 35.5. The van der Waals surface area contributed by atoms with E-state index in [4.69, 9.17) is 16.7 Å². The smallest absolute Gasteiger partial charge is 0.0423 e. The lowest BCUT2D eigenvalue weighted by atomic mass is 10.1. The Bertz CT molecular complexity index is 248. The minimum Gasteiger partial charge on any atom is -0.657 e. The summed E-state index contributed by atoms with van der Waals surface area (Å²) in [5.41, 5.74) is 0.879. The van der Waals surface area contributed by atoms with Gasteiger partial charge in [-0.25, -0.2) is 0 Å². The van der Waals surface area contributed by atoms with Gasteiger partial charge in [-0.1, -0.05) is 35.8 Å². The number of aliphatic hydroxyl groups is 1. The van der Waals surface area contributed by atoms with E-state index >= 15 is 0 Å². The number of hydrogen-bond donors (Lipinski definition) is 1. The van der Waals surface area contributed by atoms with Gasteiger partial charge in [0.05, 0.1) is 0 Å². The van der Waals surface area contributed by atoms with Gasteiger partial charge in [0.25, 0.3) is 0 Å². The molecule has 0 bridgehead atoms. The molecule has 1 rings (SSSR count). The van der Waals surface area contributed by atoms with Crippen molar-refractivity contribution >= 4 is 11.6 Å². The van der Waals surface area contributed by atoms with Gasteiger partial charge < -0.3 is 10.4 Å². The molecule has 3 heteroatoms. The number of aliphatic hydroxyl groups excluding tert-OH is 1. The van der Waals surface area contributed by atoms with Crippen LogP contribution in [0.1, 0.15) is 11.6 Å². The van der Waals surface area contributed by atoms with Crippen molar-refractivity contribution in [2.45, 2.75) is 6.04 Å². The third kappa shape index (κ3) is 1.97. The van der Waals surface area contributed by atoms with Gasteiger partial charge in [0, 0.05) is 11.6 Å². The second-order valence-corrected chi connectivity index (χ2v) is 2.89. The largest absolute Gasteiger partial charge is 0.657 e. The lowest BCUT2D eigenvalue weighted by Gasteiger charge is -2.26. The molecule has 1 aromatic rings. The van der Waals surface area contributed by atoms with E-state index in [0.29, 0.717) is 5.02 Å². The number of rotatable bonds is 3. The van der Waals surface area contributed by atoms with Crippen LogP contribution in [-0.4, -0.2) is 18.8 Å². The molecular weight excluding hydrogens is 174 g/mol. The van der Waals surface area contributed by atoms with Crippen LogP contribution in [0, 0.1) is 0 Å². The zero-order valence-electron chi connectivity index (χ0n) is 6.87. The first-order valence-electron chi connectivity index (χ1n) is 3.73. The van der Waals surface area contributed by atoms with Crippen molar-refractivity contribution in [2.24, 2.45) is 0 Å². The van der Waals surface area contributed by atoms with E-state index in [1.807, 2.05) is 18.2 Å². The van der Waals surface area contributed by atoms with Crippen molar-refractivity contribution in [3.05, 3.63) is 40.2 Å². The fourth-order valence-electron chi connectivity index (χ4n) is 1.06. The molecule has 1 unspecified atom stereocenters. The Morgan fingerprint density at radius 3 is 2.67 bits per heavy atom. The molecule has 1 atom stereocenters. The number of likely N-dealkylation sites (N-methyl/N-ethyl adjacent to an activating group) is 1. The molecule has 1 aromatic carbocycles. The van der Waals surface area contributed by atoms with E-state index < -0.39 is 0 Å². The second-order valence-electron chi connectivity index (χ2n) is 2.48. The Morgan fingerprint density at radius 1 is 1.50 bits per heavy atom. The van der Waals surface area contributed by atoms with E-state index in [1.54, 1.807) is 13.1 Å². The summed E-state index contributed by atoms with van der Waals surface area (Å²) in [7, 11) is 1.67. The molecule has 0 aliphatic rings. The minimum atomic E-state index is -0.196. The number of hydrogen-bond acceptors (Lipinski definition) is 1. The predicted molar refractivity (Wildman–Crippen MR) is 50.6 cm³/mol. The Morgan fingerprint density at radius 2 is 2.17 bits per heavy atom. The van der Waals surface area contributed by atoms with Crippen molar-refractivity contribution in [3.63, 3.8) is 0 Å². The van der Waals surface area contributed by atoms with Gasteiger partial charge in [0.1, 0.15) is 0 Å². The molecule has 66 valence electrons. The van der Waals surface area contributed by atoms with Crippen molar-refractivity contribution in [3.8, 4) is 0 Å². The van der Waals surface area contributed by atoms with Crippen LogP contribution in [0.4, 0.5) is 0 Å². The summed E-state index contributed by atoms with van der Waals surface area (Å²) in [5.74, 6) is 0. The SMILES string of the molecule is C[N-]C(CO)c1ccccc1Cl. The Hall–Kier alpha value is -0.570. The quantitative estimate of drug-likeness (QED) is 0.769. The minimum absolute atomic E-state index is 0.000231. The van der Waals surface area contributed by atoms with Crippen molar-refractivity contribution < 1.29 is 5.11 Å². The average molecular weight is 185 g/mol. The van der Waals surface area contributed by atoms with E-state index in [-0.39, 0.29) is 12.6 Å². The van der Waals surface area contributed by atoms with Gasteiger partial charge in [0.15, 0.2) is 0 Å². The molecule has 2 nitrogen and oxygen atoms in total. The first kappa shape index (κ1) is 9.52. The van der Waals surface area contributed by atoms with E-state index in [1.165, 1.54) is 0 Å². The van der Waals surface area contributed by atoms with Crippen molar-refractivity contribution in [1.82, 2.24) is 0 Å². The highest BCUT2D eigenvalue weighted by molar-refractivity contribution is 6.31. The van der Waals surface area contributed by atoms with Gasteiger partial charge in [-0.2, -0.15) is 7.05 Å². The van der Waals surface area contributed by atoms with Gasteiger partial charge in [0.2, 0.25) is 0 Å². The third-order valence-electron chi connectivity index (χ3n) is 1.75. The molecule has 0 aromatic heterocycles. The first-order valence-corrected chi connectivity index (χ1v) is 4.11. The Balaban J connectivity index is 2.92. The number of nitrogens with zero attached hydrogens (tertiary/aromatic N) is 1. The highest BCUT2D eigenvalue weighted by Crippen LogP contribution is 2.26. The summed E-state index contributed by atoms with van der Waals surface area (Å²) in [4.78, 5) is 0. The molecule has 0 saturated heterocycles. The van der Waals surface area contributed by atoms with Crippen LogP contribution < -0.4 is 0 Å². The summed E-state index contributed by atoms with van der Waals surface area (Å²) in [5, 5.41) is 13.6. The summed E-state index contributed by atoms with van der Waals surface area (Å²) in [6, 6.07) is 7.21. The third-order valence-corrected chi connectivity index (χ3v) is 2.09. The topological polar surface area (TPSA) is 34.3 Å². The standard InChI is InChI=1S/C9H11ClNO/c1-11-9(6-12)7-4-2-3-5-8(7)10/h2-5,9,12H,6H2,1H3/q-1. The van der Waals surface area contributed by atoms with Gasteiger partial charge in [-0.3, -0.25) is 0 Å². The molecule has 0 heterocycles. The molecule has 0 aliphatic carbocycles. The maximum absolute atomic E-state index is 8.95. The molecule has 1 N–H and O–H groups in total. The van der Waals surface area contributed by atoms with Crippen LogP contribution in [0.2, 0.25) is 5.02 Å². The Kier molecular flexibility index (Phi) is 3.53. The fourth-order valence-corrected chi connectivity index (χ4v) is 1.33. The Labute approximate surface area is 77.2 Å². The maximum Gasteiger partial charge on any atom is 0.0423 e. The fraction of sp³-hybridized carbons (Fsp3) is 0.333. The molecular formula is C9H11ClNO-. The van der Waals surface area contributed by atoms with Crippen LogP contribution in [0.15, 0.2) is 24.3 Å². The van der Waals surface area contributed by atoms with Crippen LogP contribution in [-0.2, 0) is 0 Å². The molecule has 0 aliphatic heterocycles. The molecule has 12 heavy (non-hydrogen) atoms. The molecule has 0 fully saturated rings. The van der Waals surface area contributed by atoms with Gasteiger partial charge >= 0.3 is 0 Å². The molecule has 0 spiro atoms. The lowest BCUT2D eigenvalue weighted by molar-refractivity contribution is 0.279. The maximum atomic E-state index is 8.95. The van der Waals surface area contributed by atoms with Crippen LogP contribution in [0.3, 0.4) is 0 Å². The first-order chi connectivity index (χ1) is 5.79. The van der Waals surface area contributed by atoms with Crippen LogP contribution in [0.25, 0.3) is 5.32 Å². The van der Waals surface area contributed by atoms with Gasteiger partial charge in [-0.05, 0) is 11.6 Å². The predicted octanol–water partition coefficient (Wildman–Crippen LogP) is 2.38. The zero-order valence-corrected chi connectivity index (χ0v) is 7.62. The molecule has 0 amide bonds. The van der Waals surface area contributed by atoms with Crippen LogP contribution >= 0.6 is 11.6 Å². The van der Waals surface area contributed by atoms with E-state index in [0.717, 1.165) is 5.56 Å². The summed E-state index contributed by atoms with van der Waals surface area (Å²) in [6.07, 6.45) is 0. The number of benzene rings is 1. The number of halogens is 1. The van der Waals surface area contributed by atoms with E-state index in [2.05, 4.69) is 5.32 Å². The zero-order chi connectivity index (χ0) is 8.97. The summed E-state index contributed by atoms with van der Waals surface area (Å²) in [6.45, 7) is 0.000231. The van der Waals surface area contributed by atoms with Crippen molar-refractivity contribution in [1.29, 1.82) is 0 Å². The second kappa shape index (κ2) is 4.45. The summed E-state index contributed by atoms with van der Waals surface area (Å²) < 4.78 is 0. The lowest BCUT2D eigenvalue weighted by Crippen LogP contribution is -2.02. The highest BCUT2D eigenvalue weighted by Gasteiger charge is 2.02. The monoisotopic (exact) mass is 184 g/mol. The molecule has 0 saturated carbocycles.